The normalized spacial score (nSPS) is 16.4. The maximum Gasteiger partial charge on any atom is 0.573 e. The summed E-state index contributed by atoms with van der Waals surface area (Å²) in [6.07, 6.45) is -6.96. The molecule has 1 atom stereocenters. The highest BCUT2D eigenvalue weighted by Crippen LogP contribution is 2.31. The first-order valence-corrected chi connectivity index (χ1v) is 15.6. The van der Waals surface area contributed by atoms with Crippen LogP contribution in [0.15, 0.2) is 64.4 Å². The molecule has 1 N–H and O–H groups in total. The smallest absolute Gasteiger partial charge is 0.433 e. The second-order valence-corrected chi connectivity index (χ2v) is 13.0. The standard InChI is InChI=1S/C27H25F5N6O6S2/c1-26(28,29)43-17-7-9-19(10-8-17)46(41,42)38-12-11-37(25-35-20-14-34-36(2)24(40)22(20)45-25)15-21(38)23(39)33-13-16-3-5-18(6-4-16)44-27(30,31)32/h3-10,14,21H,11-13,15H2,1-2H3,(H,33,39)/t21-/m1/s1. The van der Waals surface area contributed by atoms with Gasteiger partial charge in [0.15, 0.2) is 5.13 Å². The maximum atomic E-state index is 13.8. The van der Waals surface area contributed by atoms with Crippen LogP contribution < -0.4 is 25.2 Å². The molecular weight excluding hydrogens is 663 g/mol. The van der Waals surface area contributed by atoms with Gasteiger partial charge in [0.05, 0.1) is 11.1 Å². The van der Waals surface area contributed by atoms with Crippen molar-refractivity contribution in [3.63, 3.8) is 0 Å². The van der Waals surface area contributed by atoms with Crippen LogP contribution in [0.1, 0.15) is 12.5 Å². The molecule has 246 valence electrons. The zero-order valence-electron chi connectivity index (χ0n) is 24.0. The molecule has 2 aromatic heterocycles. The van der Waals surface area contributed by atoms with E-state index in [1.165, 1.54) is 25.4 Å². The number of thiazole rings is 1. The fraction of sp³-hybridized carbons (Fsp3) is 0.333. The molecule has 5 rings (SSSR count). The number of sulfonamides is 1. The van der Waals surface area contributed by atoms with Gasteiger partial charge < -0.3 is 19.7 Å². The van der Waals surface area contributed by atoms with Crippen LogP contribution in [0.4, 0.5) is 27.1 Å². The molecule has 1 fully saturated rings. The summed E-state index contributed by atoms with van der Waals surface area (Å²) in [7, 11) is -2.89. The Labute approximate surface area is 262 Å². The van der Waals surface area contributed by atoms with Crippen LogP contribution in [0, 0.1) is 0 Å². The molecule has 1 saturated heterocycles. The molecule has 46 heavy (non-hydrogen) atoms. The SMILES string of the molecule is Cn1ncc2nc(N3CCN(S(=O)(=O)c4ccc(OC(C)(F)F)cc4)[C@@H](C(=O)NCc4ccc(OC(F)(F)F)cc4)C3)sc2c1=O. The number of hydrogen-bond acceptors (Lipinski definition) is 10. The number of nitrogens with one attached hydrogen (secondary N) is 1. The minimum Gasteiger partial charge on any atom is -0.433 e. The van der Waals surface area contributed by atoms with Crippen molar-refractivity contribution in [1.29, 1.82) is 0 Å². The van der Waals surface area contributed by atoms with Crippen LogP contribution in [0.2, 0.25) is 0 Å². The number of carbonyl (C=O) groups excluding carboxylic acids is 1. The Balaban J connectivity index is 1.40. The van der Waals surface area contributed by atoms with Crippen LogP contribution in [-0.4, -0.2) is 71.5 Å². The van der Waals surface area contributed by atoms with Gasteiger partial charge in [-0.25, -0.2) is 18.1 Å². The molecule has 4 aromatic rings. The molecule has 0 bridgehead atoms. The lowest BCUT2D eigenvalue weighted by molar-refractivity contribution is -0.274. The summed E-state index contributed by atoms with van der Waals surface area (Å²) in [5, 5.41) is 6.93. The van der Waals surface area contributed by atoms with Crippen LogP contribution in [-0.2, 0) is 28.4 Å². The summed E-state index contributed by atoms with van der Waals surface area (Å²) in [5.74, 6) is -1.45. The molecule has 0 saturated carbocycles. The summed E-state index contributed by atoms with van der Waals surface area (Å²) < 4.78 is 102. The predicted molar refractivity (Wildman–Crippen MR) is 155 cm³/mol. The second kappa shape index (κ2) is 12.4. The highest BCUT2D eigenvalue weighted by Gasteiger charge is 2.41. The third-order valence-electron chi connectivity index (χ3n) is 6.74. The molecule has 19 heteroatoms. The number of amides is 1. The number of benzene rings is 2. The van der Waals surface area contributed by atoms with Gasteiger partial charge in [-0.15, -0.1) is 13.2 Å². The molecule has 0 unspecified atom stereocenters. The van der Waals surface area contributed by atoms with Gasteiger partial charge in [0, 0.05) is 40.2 Å². The van der Waals surface area contributed by atoms with Crippen molar-refractivity contribution in [2.75, 3.05) is 24.5 Å². The molecule has 1 aliphatic heterocycles. The number of anilines is 1. The van der Waals surface area contributed by atoms with Gasteiger partial charge in [0.25, 0.3) is 5.56 Å². The Hall–Kier alpha value is -4.36. The van der Waals surface area contributed by atoms with Crippen LogP contribution in [0.25, 0.3) is 10.2 Å². The van der Waals surface area contributed by atoms with Gasteiger partial charge in [-0.3, -0.25) is 9.59 Å². The summed E-state index contributed by atoms with van der Waals surface area (Å²) in [6, 6.07) is 7.72. The number of alkyl halides is 5. The zero-order chi connectivity index (χ0) is 33.4. The highest BCUT2D eigenvalue weighted by atomic mass is 32.2. The molecule has 2 aromatic carbocycles. The molecular formula is C27H25F5N6O6S2. The van der Waals surface area contributed by atoms with Crippen molar-refractivity contribution >= 4 is 42.6 Å². The summed E-state index contributed by atoms with van der Waals surface area (Å²) in [4.78, 5) is 31.9. The Morgan fingerprint density at radius 2 is 1.65 bits per heavy atom. The summed E-state index contributed by atoms with van der Waals surface area (Å²) >= 11 is 1.06. The summed E-state index contributed by atoms with van der Waals surface area (Å²) in [6.45, 7) is 0.0859. The van der Waals surface area contributed by atoms with Gasteiger partial charge in [-0.2, -0.15) is 18.2 Å². The molecule has 0 radical (unpaired) electrons. The van der Waals surface area contributed by atoms with Crippen molar-refractivity contribution < 1.29 is 44.6 Å². The van der Waals surface area contributed by atoms with E-state index in [2.05, 4.69) is 24.9 Å². The number of ether oxygens (including phenoxy) is 2. The van der Waals surface area contributed by atoms with E-state index >= 15 is 0 Å². The van der Waals surface area contributed by atoms with E-state index < -0.39 is 40.2 Å². The number of carbonyl (C=O) groups is 1. The van der Waals surface area contributed by atoms with E-state index in [0.29, 0.717) is 27.8 Å². The highest BCUT2D eigenvalue weighted by molar-refractivity contribution is 7.89. The maximum absolute atomic E-state index is 13.8. The number of piperazine rings is 1. The predicted octanol–water partition coefficient (Wildman–Crippen LogP) is 3.48. The van der Waals surface area contributed by atoms with Gasteiger partial charge >= 0.3 is 12.5 Å². The Morgan fingerprint density at radius 1 is 1.02 bits per heavy atom. The third-order valence-corrected chi connectivity index (χ3v) is 9.78. The molecule has 1 aliphatic rings. The second-order valence-electron chi connectivity index (χ2n) is 10.2. The van der Waals surface area contributed by atoms with Crippen molar-refractivity contribution in [3.05, 3.63) is 70.6 Å². The van der Waals surface area contributed by atoms with E-state index in [-0.39, 0.29) is 42.4 Å². The van der Waals surface area contributed by atoms with E-state index in [1.807, 2.05) is 0 Å². The average Bonchev–Trinajstić information content (AvgIpc) is 3.42. The molecule has 0 spiro atoms. The van der Waals surface area contributed by atoms with E-state index in [4.69, 9.17) is 0 Å². The number of fused-ring (bicyclic) bond motifs is 1. The van der Waals surface area contributed by atoms with Gasteiger partial charge in [0.1, 0.15) is 27.8 Å². The van der Waals surface area contributed by atoms with Crippen LogP contribution in [0.5, 0.6) is 11.5 Å². The lowest BCUT2D eigenvalue weighted by atomic mass is 10.1. The minimum atomic E-state index is -4.88. The monoisotopic (exact) mass is 688 g/mol. The minimum absolute atomic E-state index is 0.0838. The first-order valence-electron chi connectivity index (χ1n) is 13.4. The topological polar surface area (TPSA) is 136 Å². The fourth-order valence-corrected chi connectivity index (χ4v) is 7.23. The van der Waals surface area contributed by atoms with Gasteiger partial charge in [-0.05, 0) is 42.0 Å². The molecule has 1 amide bonds. The number of aryl methyl sites for hydroxylation is 1. The molecule has 3 heterocycles. The third kappa shape index (κ3) is 7.53. The summed E-state index contributed by atoms with van der Waals surface area (Å²) in [5.41, 5.74) is 0.358. The molecule has 12 nitrogen and oxygen atoms in total. The average molecular weight is 689 g/mol. The zero-order valence-corrected chi connectivity index (χ0v) is 25.6. The fourth-order valence-electron chi connectivity index (χ4n) is 4.62. The van der Waals surface area contributed by atoms with E-state index in [0.717, 1.165) is 56.7 Å². The Morgan fingerprint density at radius 3 is 2.28 bits per heavy atom. The van der Waals surface area contributed by atoms with Gasteiger partial charge in [-0.1, -0.05) is 23.5 Å². The van der Waals surface area contributed by atoms with Crippen LogP contribution in [0.3, 0.4) is 0 Å². The van der Waals surface area contributed by atoms with Crippen LogP contribution >= 0.6 is 11.3 Å². The quantitative estimate of drug-likeness (QED) is 0.262. The number of nitrogens with zero attached hydrogens (tertiary/aromatic N) is 5. The Kier molecular flexibility index (Phi) is 8.93. The Bertz CT molecular complexity index is 1890. The lowest BCUT2D eigenvalue weighted by Gasteiger charge is -2.39. The van der Waals surface area contributed by atoms with Crippen molar-refractivity contribution in [3.8, 4) is 11.5 Å². The van der Waals surface area contributed by atoms with E-state index in [9.17, 15) is 40.0 Å². The number of aromatic nitrogens is 3. The first kappa shape index (κ1) is 33.0. The molecule has 0 aliphatic carbocycles. The number of halogens is 5. The number of rotatable bonds is 9. The van der Waals surface area contributed by atoms with Crippen molar-refractivity contribution in [2.45, 2.75) is 36.9 Å². The van der Waals surface area contributed by atoms with Crippen molar-refractivity contribution in [1.82, 2.24) is 24.4 Å². The number of hydrogen-bond donors (Lipinski definition) is 1. The van der Waals surface area contributed by atoms with E-state index in [1.54, 1.807) is 4.90 Å². The first-order chi connectivity index (χ1) is 21.5. The van der Waals surface area contributed by atoms with Gasteiger partial charge in [0.2, 0.25) is 15.9 Å². The largest absolute Gasteiger partial charge is 0.573 e. The van der Waals surface area contributed by atoms with Crippen molar-refractivity contribution in [2.24, 2.45) is 7.05 Å². The lowest BCUT2D eigenvalue weighted by Crippen LogP contribution is -2.60.